The molecule has 2 nitrogen and oxygen atoms in total. The Morgan fingerprint density at radius 1 is 1.10 bits per heavy atom. The largest absolute Gasteiger partial charge is 0.413 e. The number of aromatic nitrogens is 1. The standard InChI is InChI=1S/C18H21BN2/c1-12-10-17(20-11-13(12)2)16-7-6-15-8-9-19(4)21(5)18(15)14(16)3/h6-11H,1-5H3. The van der Waals surface area contributed by atoms with Crippen molar-refractivity contribution >= 4 is 18.6 Å². The lowest BCUT2D eigenvalue weighted by Crippen LogP contribution is -2.34. The van der Waals surface area contributed by atoms with Gasteiger partial charge in [0.1, 0.15) is 0 Å². The third-order valence-corrected chi connectivity index (χ3v) is 4.63. The van der Waals surface area contributed by atoms with E-state index < -0.39 is 0 Å². The highest BCUT2D eigenvalue weighted by molar-refractivity contribution is 6.68. The Hall–Kier alpha value is -2.03. The van der Waals surface area contributed by atoms with Gasteiger partial charge in [-0.1, -0.05) is 31.0 Å². The predicted molar refractivity (Wildman–Crippen MR) is 92.9 cm³/mol. The van der Waals surface area contributed by atoms with Gasteiger partial charge in [0.05, 0.1) is 5.69 Å². The van der Waals surface area contributed by atoms with Crippen molar-refractivity contribution in [1.82, 2.24) is 4.98 Å². The molecular weight excluding hydrogens is 255 g/mol. The molecule has 1 aliphatic heterocycles. The molecule has 106 valence electrons. The number of aryl methyl sites for hydroxylation is 2. The highest BCUT2D eigenvalue weighted by Crippen LogP contribution is 2.36. The summed E-state index contributed by atoms with van der Waals surface area (Å²) in [5.74, 6) is 2.25. The van der Waals surface area contributed by atoms with Crippen molar-refractivity contribution < 1.29 is 0 Å². The van der Waals surface area contributed by atoms with Gasteiger partial charge in [-0.05, 0) is 56.1 Å². The van der Waals surface area contributed by atoms with Crippen LogP contribution in [-0.4, -0.2) is 18.9 Å². The van der Waals surface area contributed by atoms with E-state index in [1.807, 2.05) is 6.20 Å². The minimum Gasteiger partial charge on any atom is -0.413 e. The second-order valence-electron chi connectivity index (χ2n) is 6.04. The summed E-state index contributed by atoms with van der Waals surface area (Å²) in [5, 5.41) is 0. The lowest BCUT2D eigenvalue weighted by Gasteiger charge is -2.31. The maximum atomic E-state index is 4.63. The first-order valence-electron chi connectivity index (χ1n) is 7.47. The average molecular weight is 276 g/mol. The van der Waals surface area contributed by atoms with Crippen LogP contribution in [0.2, 0.25) is 6.82 Å². The van der Waals surface area contributed by atoms with E-state index >= 15 is 0 Å². The fraction of sp³-hybridized carbons (Fsp3) is 0.278. The summed E-state index contributed by atoms with van der Waals surface area (Å²) in [6.07, 6.45) is 4.19. The molecule has 0 bridgehead atoms. The molecule has 0 amide bonds. The number of pyridine rings is 1. The fourth-order valence-corrected chi connectivity index (χ4v) is 2.95. The lowest BCUT2D eigenvalue weighted by molar-refractivity contribution is 1.20. The monoisotopic (exact) mass is 276 g/mol. The molecular formula is C18H21BN2. The normalized spacial score (nSPS) is 13.6. The van der Waals surface area contributed by atoms with Crippen LogP contribution in [0.15, 0.2) is 30.4 Å². The van der Waals surface area contributed by atoms with E-state index in [2.05, 4.69) is 74.7 Å². The van der Waals surface area contributed by atoms with Crippen LogP contribution in [0.4, 0.5) is 5.69 Å². The molecule has 2 aromatic rings. The molecule has 2 heterocycles. The van der Waals surface area contributed by atoms with E-state index in [1.165, 1.54) is 33.5 Å². The van der Waals surface area contributed by atoms with Crippen LogP contribution in [0, 0.1) is 20.8 Å². The zero-order chi connectivity index (χ0) is 15.1. The Kier molecular flexibility index (Phi) is 3.36. The van der Waals surface area contributed by atoms with Gasteiger partial charge < -0.3 is 4.81 Å². The molecule has 0 aliphatic carbocycles. The van der Waals surface area contributed by atoms with Gasteiger partial charge in [-0.25, -0.2) is 0 Å². The van der Waals surface area contributed by atoms with Crippen LogP contribution in [0.1, 0.15) is 22.3 Å². The quantitative estimate of drug-likeness (QED) is 0.722. The third kappa shape index (κ3) is 2.27. The maximum absolute atomic E-state index is 4.63. The SMILES string of the molecule is CB1C=Cc2ccc(-c3cc(C)c(C)cn3)c(C)c2N1C. The lowest BCUT2D eigenvalue weighted by atomic mass is 9.60. The van der Waals surface area contributed by atoms with E-state index in [0.29, 0.717) is 6.85 Å². The van der Waals surface area contributed by atoms with Crippen molar-refractivity contribution in [2.45, 2.75) is 27.6 Å². The highest BCUT2D eigenvalue weighted by Gasteiger charge is 2.22. The molecule has 0 spiro atoms. The van der Waals surface area contributed by atoms with Crippen LogP contribution in [0.5, 0.6) is 0 Å². The number of anilines is 1. The molecule has 0 atom stereocenters. The summed E-state index contributed by atoms with van der Waals surface area (Å²) in [6.45, 7) is 9.10. The second-order valence-corrected chi connectivity index (χ2v) is 6.04. The number of hydrogen-bond donors (Lipinski definition) is 0. The fourth-order valence-electron chi connectivity index (χ4n) is 2.95. The molecule has 0 unspecified atom stereocenters. The third-order valence-electron chi connectivity index (χ3n) is 4.63. The van der Waals surface area contributed by atoms with Crippen molar-refractivity contribution in [1.29, 1.82) is 0 Å². The molecule has 0 saturated carbocycles. The van der Waals surface area contributed by atoms with Gasteiger partial charge in [0, 0.05) is 17.4 Å². The van der Waals surface area contributed by atoms with Crippen LogP contribution >= 0.6 is 0 Å². The Morgan fingerprint density at radius 3 is 2.57 bits per heavy atom. The predicted octanol–water partition coefficient (Wildman–Crippen LogP) is 4.30. The van der Waals surface area contributed by atoms with Gasteiger partial charge in [-0.2, -0.15) is 0 Å². The summed E-state index contributed by atoms with van der Waals surface area (Å²) in [7, 11) is 2.16. The number of fused-ring (bicyclic) bond motifs is 1. The molecule has 3 heteroatoms. The highest BCUT2D eigenvalue weighted by atomic mass is 15.0. The second kappa shape index (κ2) is 5.07. The number of nitrogens with zero attached hydrogens (tertiary/aromatic N) is 2. The average Bonchev–Trinajstić information content (AvgIpc) is 2.46. The van der Waals surface area contributed by atoms with Crippen LogP contribution < -0.4 is 4.81 Å². The summed E-state index contributed by atoms with van der Waals surface area (Å²) in [6, 6.07) is 6.58. The molecule has 3 rings (SSSR count). The van der Waals surface area contributed by atoms with E-state index in [9.17, 15) is 0 Å². The van der Waals surface area contributed by atoms with Gasteiger partial charge in [-0.3, -0.25) is 4.98 Å². The van der Waals surface area contributed by atoms with E-state index in [0.717, 1.165) is 5.69 Å². The van der Waals surface area contributed by atoms with Crippen molar-refractivity contribution in [3.05, 3.63) is 52.6 Å². The zero-order valence-electron chi connectivity index (χ0n) is 13.4. The van der Waals surface area contributed by atoms with Gasteiger partial charge >= 0.3 is 0 Å². The minimum atomic E-state index is 0.430. The first-order valence-corrected chi connectivity index (χ1v) is 7.47. The first kappa shape index (κ1) is 13.9. The van der Waals surface area contributed by atoms with Gasteiger partial charge in [-0.15, -0.1) is 0 Å². The summed E-state index contributed by atoms with van der Waals surface area (Å²) in [5.41, 5.74) is 8.74. The Bertz CT molecular complexity index is 734. The molecule has 0 saturated heterocycles. The maximum Gasteiger partial charge on any atom is 0.277 e. The van der Waals surface area contributed by atoms with E-state index in [1.54, 1.807) is 0 Å². The van der Waals surface area contributed by atoms with Crippen LogP contribution in [0.3, 0.4) is 0 Å². The molecule has 21 heavy (non-hydrogen) atoms. The summed E-state index contributed by atoms with van der Waals surface area (Å²) in [4.78, 5) is 6.97. The molecule has 1 aromatic heterocycles. The summed E-state index contributed by atoms with van der Waals surface area (Å²) >= 11 is 0. The van der Waals surface area contributed by atoms with Crippen molar-refractivity contribution in [3.8, 4) is 11.3 Å². The number of hydrogen-bond acceptors (Lipinski definition) is 2. The van der Waals surface area contributed by atoms with E-state index in [-0.39, 0.29) is 0 Å². The molecule has 0 radical (unpaired) electrons. The Balaban J connectivity index is 2.18. The van der Waals surface area contributed by atoms with Gasteiger partial charge in [0.25, 0.3) is 6.85 Å². The smallest absolute Gasteiger partial charge is 0.277 e. The molecule has 0 N–H and O–H groups in total. The van der Waals surface area contributed by atoms with Crippen molar-refractivity contribution in [2.75, 3.05) is 11.9 Å². The van der Waals surface area contributed by atoms with Gasteiger partial charge in [0.2, 0.25) is 0 Å². The van der Waals surface area contributed by atoms with Crippen LogP contribution in [-0.2, 0) is 0 Å². The van der Waals surface area contributed by atoms with Crippen LogP contribution in [0.25, 0.3) is 17.3 Å². The van der Waals surface area contributed by atoms with E-state index in [4.69, 9.17) is 0 Å². The van der Waals surface area contributed by atoms with Crippen molar-refractivity contribution in [3.63, 3.8) is 0 Å². The number of benzene rings is 1. The molecule has 0 fully saturated rings. The van der Waals surface area contributed by atoms with Crippen molar-refractivity contribution in [2.24, 2.45) is 0 Å². The topological polar surface area (TPSA) is 16.1 Å². The molecule has 1 aliphatic rings. The minimum absolute atomic E-state index is 0.430. The number of rotatable bonds is 1. The van der Waals surface area contributed by atoms with Gasteiger partial charge in [0.15, 0.2) is 0 Å². The molecule has 1 aromatic carbocycles. The summed E-state index contributed by atoms with van der Waals surface area (Å²) < 4.78 is 0. The Morgan fingerprint density at radius 2 is 1.86 bits per heavy atom. The first-order chi connectivity index (χ1) is 9.99. The zero-order valence-corrected chi connectivity index (χ0v) is 13.4. The Labute approximate surface area is 127 Å².